The van der Waals surface area contributed by atoms with Crippen LogP contribution in [0.2, 0.25) is 0 Å². The Morgan fingerprint density at radius 2 is 2.04 bits per heavy atom. The number of hydrogen-bond donors (Lipinski definition) is 1. The third-order valence-electron chi connectivity index (χ3n) is 4.44. The third-order valence-corrected chi connectivity index (χ3v) is 4.44. The van der Waals surface area contributed by atoms with Crippen molar-refractivity contribution in [3.05, 3.63) is 63.2 Å². The van der Waals surface area contributed by atoms with Crippen LogP contribution in [0.5, 0.6) is 0 Å². The van der Waals surface area contributed by atoms with Gasteiger partial charge in [-0.3, -0.25) is 14.3 Å². The van der Waals surface area contributed by atoms with Crippen LogP contribution in [-0.4, -0.2) is 27.2 Å². The highest BCUT2D eigenvalue weighted by Gasteiger charge is 2.20. The second kappa shape index (κ2) is 6.25. The number of halogens is 1. The second-order valence-electron chi connectivity index (χ2n) is 6.07. The zero-order chi connectivity index (χ0) is 17.4. The molecular formula is C18H16FN3O3. The number of fused-ring (bicyclic) bond motifs is 1. The van der Waals surface area contributed by atoms with Gasteiger partial charge >= 0.3 is 5.69 Å². The van der Waals surface area contributed by atoms with Crippen molar-refractivity contribution in [2.45, 2.75) is 25.5 Å². The van der Waals surface area contributed by atoms with E-state index in [0.717, 1.165) is 12.8 Å². The summed E-state index contributed by atoms with van der Waals surface area (Å²) >= 11 is 0. The Morgan fingerprint density at radius 1 is 1.24 bits per heavy atom. The molecule has 1 N–H and O–H groups in total. The highest BCUT2D eigenvalue weighted by molar-refractivity contribution is 5.91. The van der Waals surface area contributed by atoms with Gasteiger partial charge in [0.25, 0.3) is 5.56 Å². The van der Waals surface area contributed by atoms with Crippen LogP contribution >= 0.6 is 0 Å². The summed E-state index contributed by atoms with van der Waals surface area (Å²) in [6, 6.07) is 7.54. The molecule has 0 bridgehead atoms. The van der Waals surface area contributed by atoms with Crippen LogP contribution in [0.15, 0.2) is 46.1 Å². The average Bonchev–Trinajstić information content (AvgIpc) is 3.12. The molecule has 4 rings (SSSR count). The number of hydrogen-bond acceptors (Lipinski definition) is 4. The van der Waals surface area contributed by atoms with Crippen molar-refractivity contribution in [3.63, 3.8) is 0 Å². The minimum absolute atomic E-state index is 0.0666. The maximum atomic E-state index is 13.2. The van der Waals surface area contributed by atoms with Gasteiger partial charge in [0.15, 0.2) is 0 Å². The zero-order valence-corrected chi connectivity index (χ0v) is 13.4. The topological polar surface area (TPSA) is 77.0 Å². The summed E-state index contributed by atoms with van der Waals surface area (Å²) in [6.45, 7) is 1.01. The minimum Gasteiger partial charge on any atom is -0.376 e. The summed E-state index contributed by atoms with van der Waals surface area (Å²) < 4.78 is 20.2. The van der Waals surface area contributed by atoms with E-state index in [4.69, 9.17) is 4.74 Å². The third kappa shape index (κ3) is 2.87. The van der Waals surface area contributed by atoms with Crippen LogP contribution in [0.3, 0.4) is 0 Å². The van der Waals surface area contributed by atoms with E-state index in [-0.39, 0.29) is 11.9 Å². The van der Waals surface area contributed by atoms with Crippen LogP contribution in [0.25, 0.3) is 22.2 Å². The van der Waals surface area contributed by atoms with E-state index >= 15 is 0 Å². The van der Waals surface area contributed by atoms with E-state index in [9.17, 15) is 14.0 Å². The van der Waals surface area contributed by atoms with Gasteiger partial charge in [0.1, 0.15) is 11.5 Å². The smallest absolute Gasteiger partial charge is 0.330 e. The molecule has 0 spiro atoms. The molecule has 1 fully saturated rings. The van der Waals surface area contributed by atoms with Crippen molar-refractivity contribution >= 4 is 11.0 Å². The zero-order valence-electron chi connectivity index (χ0n) is 13.4. The molecule has 0 saturated carbocycles. The average molecular weight is 341 g/mol. The first-order chi connectivity index (χ1) is 12.1. The lowest BCUT2D eigenvalue weighted by atomic mass is 10.0. The first kappa shape index (κ1) is 15.7. The molecule has 7 heteroatoms. The van der Waals surface area contributed by atoms with Gasteiger partial charge in [0.05, 0.1) is 18.0 Å². The summed E-state index contributed by atoms with van der Waals surface area (Å²) in [5.74, 6) is -0.355. The molecule has 1 saturated heterocycles. The van der Waals surface area contributed by atoms with E-state index in [1.54, 1.807) is 24.4 Å². The van der Waals surface area contributed by atoms with Gasteiger partial charge in [0, 0.05) is 12.8 Å². The number of aromatic nitrogens is 3. The summed E-state index contributed by atoms with van der Waals surface area (Å²) in [7, 11) is 0. The summed E-state index contributed by atoms with van der Waals surface area (Å²) in [4.78, 5) is 31.4. The van der Waals surface area contributed by atoms with Crippen molar-refractivity contribution in [2.24, 2.45) is 0 Å². The van der Waals surface area contributed by atoms with Crippen LogP contribution in [0.1, 0.15) is 12.8 Å². The van der Waals surface area contributed by atoms with Gasteiger partial charge < -0.3 is 4.74 Å². The van der Waals surface area contributed by atoms with E-state index < -0.39 is 11.2 Å². The van der Waals surface area contributed by atoms with E-state index in [0.29, 0.717) is 35.3 Å². The Morgan fingerprint density at radius 3 is 2.76 bits per heavy atom. The predicted molar refractivity (Wildman–Crippen MR) is 91.0 cm³/mol. The van der Waals surface area contributed by atoms with Crippen LogP contribution < -0.4 is 11.2 Å². The highest BCUT2D eigenvalue weighted by Crippen LogP contribution is 2.25. The Bertz CT molecular complexity index is 1030. The number of benzene rings is 1. The quantitative estimate of drug-likeness (QED) is 0.791. The summed E-state index contributed by atoms with van der Waals surface area (Å²) in [5.41, 5.74) is 0.591. The Hall–Kier alpha value is -2.80. The van der Waals surface area contributed by atoms with Crippen molar-refractivity contribution in [1.29, 1.82) is 0 Å². The predicted octanol–water partition coefficient (Wildman–Crippen LogP) is 2.07. The molecule has 1 aliphatic heterocycles. The SMILES string of the molecule is O=c1[nH]c(=O)n(CC2CCCO2)c2nccc(-c3ccc(F)cc3)c12. The van der Waals surface area contributed by atoms with E-state index in [2.05, 4.69) is 9.97 Å². The summed E-state index contributed by atoms with van der Waals surface area (Å²) in [6.07, 6.45) is 3.30. The number of nitrogens with zero attached hydrogens (tertiary/aromatic N) is 2. The van der Waals surface area contributed by atoms with Crippen molar-refractivity contribution in [1.82, 2.24) is 14.5 Å². The lowest BCUT2D eigenvalue weighted by Crippen LogP contribution is -2.34. The Balaban J connectivity index is 1.93. The lowest BCUT2D eigenvalue weighted by Gasteiger charge is -2.14. The number of nitrogens with one attached hydrogen (secondary N) is 1. The van der Waals surface area contributed by atoms with Crippen molar-refractivity contribution in [3.8, 4) is 11.1 Å². The van der Waals surface area contributed by atoms with Gasteiger partial charge in [-0.1, -0.05) is 12.1 Å². The molecule has 3 heterocycles. The maximum absolute atomic E-state index is 13.2. The number of rotatable bonds is 3. The van der Waals surface area contributed by atoms with Crippen LogP contribution in [-0.2, 0) is 11.3 Å². The molecule has 128 valence electrons. The molecule has 0 radical (unpaired) electrons. The van der Waals surface area contributed by atoms with Crippen LogP contribution in [0.4, 0.5) is 4.39 Å². The summed E-state index contributed by atoms with van der Waals surface area (Å²) in [5, 5.41) is 0.312. The molecule has 25 heavy (non-hydrogen) atoms. The van der Waals surface area contributed by atoms with E-state index in [1.807, 2.05) is 0 Å². The molecule has 3 aromatic rings. The molecule has 1 unspecified atom stereocenters. The molecule has 2 aromatic heterocycles. The van der Waals surface area contributed by atoms with Gasteiger partial charge in [0.2, 0.25) is 0 Å². The fourth-order valence-corrected chi connectivity index (χ4v) is 3.23. The Kier molecular flexibility index (Phi) is 3.93. The highest BCUT2D eigenvalue weighted by atomic mass is 19.1. The monoisotopic (exact) mass is 341 g/mol. The largest absolute Gasteiger partial charge is 0.376 e. The van der Waals surface area contributed by atoms with Crippen LogP contribution in [0, 0.1) is 5.82 Å². The number of aromatic amines is 1. The Labute approximate surface area is 141 Å². The maximum Gasteiger partial charge on any atom is 0.330 e. The van der Waals surface area contributed by atoms with Gasteiger partial charge in [-0.25, -0.2) is 14.2 Å². The van der Waals surface area contributed by atoms with Gasteiger partial charge in [-0.15, -0.1) is 0 Å². The van der Waals surface area contributed by atoms with Crippen molar-refractivity contribution in [2.75, 3.05) is 6.61 Å². The number of ether oxygens (including phenoxy) is 1. The van der Waals surface area contributed by atoms with Gasteiger partial charge in [-0.2, -0.15) is 0 Å². The lowest BCUT2D eigenvalue weighted by molar-refractivity contribution is 0.0967. The molecule has 1 aromatic carbocycles. The molecule has 0 amide bonds. The van der Waals surface area contributed by atoms with E-state index in [1.165, 1.54) is 16.7 Å². The normalized spacial score (nSPS) is 17.2. The molecule has 0 aliphatic carbocycles. The minimum atomic E-state index is -0.504. The molecule has 1 atom stereocenters. The fraction of sp³-hybridized carbons (Fsp3) is 0.278. The second-order valence-corrected chi connectivity index (χ2v) is 6.07. The first-order valence-electron chi connectivity index (χ1n) is 8.13. The van der Waals surface area contributed by atoms with Crippen molar-refractivity contribution < 1.29 is 9.13 Å². The number of H-pyrrole nitrogens is 1. The molecule has 6 nitrogen and oxygen atoms in total. The molecule has 1 aliphatic rings. The first-order valence-corrected chi connectivity index (χ1v) is 8.13. The fourth-order valence-electron chi connectivity index (χ4n) is 3.23. The molecular weight excluding hydrogens is 325 g/mol. The standard InChI is InChI=1S/C18H16FN3O3/c19-12-5-3-11(4-6-12)14-7-8-20-16-15(14)17(23)21-18(24)22(16)10-13-2-1-9-25-13/h3-8,13H,1-2,9-10H2,(H,21,23,24). The van der Waals surface area contributed by atoms with Gasteiger partial charge in [-0.05, 0) is 42.2 Å². The number of pyridine rings is 1.